The molecule has 6 nitrogen and oxygen atoms in total. The van der Waals surface area contributed by atoms with Gasteiger partial charge in [-0.25, -0.2) is 26.3 Å². The molecule has 0 bridgehead atoms. The van der Waals surface area contributed by atoms with Gasteiger partial charge in [0, 0.05) is 23.6 Å². The number of halogens is 8. The van der Waals surface area contributed by atoms with Crippen LogP contribution in [0, 0.1) is 69.4 Å². The lowest BCUT2D eigenvalue weighted by Gasteiger charge is -2.35. The molecule has 0 amide bonds. The number of hydrogen-bond donors (Lipinski definition) is 0. The van der Waals surface area contributed by atoms with Gasteiger partial charge in [-0.05, 0) is 30.2 Å². The van der Waals surface area contributed by atoms with Crippen molar-refractivity contribution >= 4 is 0 Å². The molecular weight excluding hydrogens is 580 g/mol. The second-order valence-electron chi connectivity index (χ2n) is 9.48. The molecule has 2 aliphatic heterocycles. The van der Waals surface area contributed by atoms with E-state index in [0.29, 0.717) is 0 Å². The van der Waals surface area contributed by atoms with Crippen LogP contribution in [0.3, 0.4) is 0 Å². The molecule has 1 unspecified atom stereocenters. The van der Waals surface area contributed by atoms with E-state index in [-0.39, 0.29) is 56.1 Å². The van der Waals surface area contributed by atoms with Gasteiger partial charge >= 0.3 is 6.11 Å². The van der Waals surface area contributed by atoms with E-state index in [4.69, 9.17) is 24.7 Å². The summed E-state index contributed by atoms with van der Waals surface area (Å²) in [6, 6.07) is 4.96. The van der Waals surface area contributed by atoms with Crippen molar-refractivity contribution in [1.29, 1.82) is 10.5 Å². The first-order valence-electron chi connectivity index (χ1n) is 12.2. The Bertz CT molecular complexity index is 1600. The van der Waals surface area contributed by atoms with E-state index >= 15 is 8.78 Å². The average molecular weight is 596 g/mol. The van der Waals surface area contributed by atoms with Gasteiger partial charge in [-0.3, -0.25) is 0 Å². The molecule has 0 N–H and O–H groups in total. The number of benzene rings is 3. The summed E-state index contributed by atoms with van der Waals surface area (Å²) in [5.74, 6) is -12.2. The van der Waals surface area contributed by atoms with Crippen molar-refractivity contribution in [3.63, 3.8) is 0 Å². The van der Waals surface area contributed by atoms with Crippen LogP contribution in [-0.2, 0) is 22.0 Å². The maximum absolute atomic E-state index is 15.4. The van der Waals surface area contributed by atoms with Gasteiger partial charge in [0.1, 0.15) is 52.0 Å². The first-order chi connectivity index (χ1) is 19.9. The zero-order valence-corrected chi connectivity index (χ0v) is 21.0. The second-order valence-corrected chi connectivity index (χ2v) is 9.48. The third-order valence-corrected chi connectivity index (χ3v) is 6.66. The molecule has 218 valence electrons. The van der Waals surface area contributed by atoms with Crippen LogP contribution in [0.25, 0.3) is 11.1 Å². The molecule has 5 rings (SSSR count). The molecule has 1 atom stereocenters. The van der Waals surface area contributed by atoms with Crippen molar-refractivity contribution in [2.75, 3.05) is 19.8 Å². The van der Waals surface area contributed by atoms with E-state index in [0.717, 1.165) is 6.07 Å². The van der Waals surface area contributed by atoms with Gasteiger partial charge in [0.25, 0.3) is 0 Å². The summed E-state index contributed by atoms with van der Waals surface area (Å²) in [6.07, 6.45) is -5.61. The largest absolute Gasteiger partial charge is 0.490 e. The van der Waals surface area contributed by atoms with Crippen LogP contribution in [-0.4, -0.2) is 26.1 Å². The van der Waals surface area contributed by atoms with Crippen molar-refractivity contribution in [3.8, 4) is 34.8 Å². The predicted octanol–water partition coefficient (Wildman–Crippen LogP) is 6.25. The fourth-order valence-corrected chi connectivity index (χ4v) is 4.70. The van der Waals surface area contributed by atoms with Crippen LogP contribution in [0.5, 0.6) is 11.5 Å². The van der Waals surface area contributed by atoms with Crippen LogP contribution in [0.2, 0.25) is 0 Å². The number of nitriles is 2. The summed E-state index contributed by atoms with van der Waals surface area (Å²) >= 11 is 0. The highest BCUT2D eigenvalue weighted by molar-refractivity contribution is 5.69. The summed E-state index contributed by atoms with van der Waals surface area (Å²) in [7, 11) is 0. The van der Waals surface area contributed by atoms with Gasteiger partial charge in [-0.1, -0.05) is 0 Å². The summed E-state index contributed by atoms with van der Waals surface area (Å²) in [5.41, 5.74) is -4.78. The molecule has 0 aromatic heterocycles. The number of ether oxygens (including phenoxy) is 4. The van der Waals surface area contributed by atoms with Gasteiger partial charge in [0.15, 0.2) is 17.9 Å². The van der Waals surface area contributed by atoms with E-state index in [9.17, 15) is 26.3 Å². The van der Waals surface area contributed by atoms with E-state index < -0.39 is 92.9 Å². The summed E-state index contributed by atoms with van der Waals surface area (Å²) < 4.78 is 138. The van der Waals surface area contributed by atoms with Crippen LogP contribution in [0.15, 0.2) is 30.3 Å². The fourth-order valence-electron chi connectivity index (χ4n) is 4.70. The minimum atomic E-state index is -4.85. The average Bonchev–Trinajstić information content (AvgIpc) is 2.92. The van der Waals surface area contributed by atoms with Gasteiger partial charge in [-0.15, -0.1) is 0 Å². The normalized spacial score (nSPS) is 20.2. The number of rotatable bonds is 5. The number of nitrogens with zero attached hydrogens (tertiary/aromatic N) is 2. The van der Waals surface area contributed by atoms with Gasteiger partial charge < -0.3 is 18.9 Å². The van der Waals surface area contributed by atoms with E-state index in [2.05, 4.69) is 4.74 Å². The molecular formula is C28H16F8N2O4. The quantitative estimate of drug-likeness (QED) is 0.324. The van der Waals surface area contributed by atoms with Gasteiger partial charge in [0.05, 0.1) is 37.4 Å². The number of alkyl halides is 2. The van der Waals surface area contributed by atoms with Gasteiger partial charge in [-0.2, -0.15) is 19.3 Å². The maximum Gasteiger partial charge on any atom is 0.432 e. The Balaban J connectivity index is 1.42. The smallest absolute Gasteiger partial charge is 0.432 e. The number of fused-ring (bicyclic) bond motifs is 1. The summed E-state index contributed by atoms with van der Waals surface area (Å²) in [6.45, 7) is 0.0634. The molecule has 0 saturated carbocycles. The molecule has 0 spiro atoms. The highest BCUT2D eigenvalue weighted by Gasteiger charge is 2.42. The molecule has 1 saturated heterocycles. The lowest BCUT2D eigenvalue weighted by atomic mass is 9.92. The van der Waals surface area contributed by atoms with E-state index in [1.165, 1.54) is 6.07 Å². The zero-order chi connectivity index (χ0) is 30.3. The van der Waals surface area contributed by atoms with Crippen LogP contribution >= 0.6 is 0 Å². The molecule has 3 aromatic rings. The predicted molar refractivity (Wildman–Crippen MR) is 125 cm³/mol. The van der Waals surface area contributed by atoms with Gasteiger partial charge in [0.2, 0.25) is 0 Å². The second kappa shape index (κ2) is 11.1. The minimum Gasteiger partial charge on any atom is -0.490 e. The molecule has 0 radical (unpaired) electrons. The van der Waals surface area contributed by atoms with Crippen LogP contribution in [0.4, 0.5) is 35.1 Å². The standard InChI is InChI=1S/C28H16F8N2O4/c29-18-5-16(6-19(30)17(18)8-38)42-28(35,36)24-21(32)2-13(3-22(24)33)23-20(31)4-14-1-15(11-39-26(14)25(23)34)27-40-9-12(7-37)10-41-27/h2-6,12,15,27H,1,9-11H2. The first-order valence-corrected chi connectivity index (χ1v) is 12.2. The molecule has 2 heterocycles. The van der Waals surface area contributed by atoms with Crippen molar-refractivity contribution in [2.45, 2.75) is 18.8 Å². The maximum atomic E-state index is 15.4. The lowest BCUT2D eigenvalue weighted by molar-refractivity contribution is -0.221. The van der Waals surface area contributed by atoms with E-state index in [1.807, 2.05) is 6.07 Å². The van der Waals surface area contributed by atoms with Crippen LogP contribution in [0.1, 0.15) is 16.7 Å². The topological polar surface area (TPSA) is 84.5 Å². The molecule has 0 aliphatic carbocycles. The molecule has 2 aliphatic rings. The third kappa shape index (κ3) is 5.31. The third-order valence-electron chi connectivity index (χ3n) is 6.66. The lowest BCUT2D eigenvalue weighted by Crippen LogP contribution is -2.41. The van der Waals surface area contributed by atoms with Crippen molar-refractivity contribution in [2.24, 2.45) is 11.8 Å². The Kier molecular flexibility index (Phi) is 7.70. The SMILES string of the molecule is N#Cc1c(F)cc(OC(F)(F)c2c(F)cc(-c3c(F)cc4c(c3F)OCC(C3OCC(C#N)CO3)C4)cc2F)cc1F. The highest BCUT2D eigenvalue weighted by atomic mass is 19.3. The molecule has 3 aromatic carbocycles. The Hall–Kier alpha value is -4.40. The zero-order valence-electron chi connectivity index (χ0n) is 21.0. The summed E-state index contributed by atoms with van der Waals surface area (Å²) in [4.78, 5) is 0. The minimum absolute atomic E-state index is 0.0348. The fraction of sp³-hybridized carbons (Fsp3) is 0.286. The van der Waals surface area contributed by atoms with Crippen molar-refractivity contribution in [3.05, 3.63) is 81.9 Å². The molecule has 14 heteroatoms. The number of hydrogen-bond acceptors (Lipinski definition) is 6. The Morgan fingerprint density at radius 3 is 2.00 bits per heavy atom. The van der Waals surface area contributed by atoms with Crippen molar-refractivity contribution in [1.82, 2.24) is 0 Å². The Labute approximate surface area is 232 Å². The Morgan fingerprint density at radius 1 is 0.810 bits per heavy atom. The monoisotopic (exact) mass is 596 g/mol. The van der Waals surface area contributed by atoms with Crippen LogP contribution < -0.4 is 9.47 Å². The first kappa shape index (κ1) is 29.1. The Morgan fingerprint density at radius 2 is 1.43 bits per heavy atom. The molecule has 42 heavy (non-hydrogen) atoms. The molecule has 1 fully saturated rings. The van der Waals surface area contributed by atoms with Crippen molar-refractivity contribution < 1.29 is 54.1 Å². The van der Waals surface area contributed by atoms with E-state index in [1.54, 1.807) is 0 Å². The highest BCUT2D eigenvalue weighted by Crippen LogP contribution is 2.42. The summed E-state index contributed by atoms with van der Waals surface area (Å²) in [5, 5.41) is 17.6.